The van der Waals surface area contributed by atoms with E-state index in [2.05, 4.69) is 20.3 Å². The van der Waals surface area contributed by atoms with Crippen molar-refractivity contribution in [2.24, 2.45) is 0 Å². The molecule has 0 radical (unpaired) electrons. The van der Waals surface area contributed by atoms with Gasteiger partial charge in [0.1, 0.15) is 29.4 Å². The highest BCUT2D eigenvalue weighted by Crippen LogP contribution is 2.24. The van der Waals surface area contributed by atoms with Gasteiger partial charge < -0.3 is 9.64 Å². The summed E-state index contributed by atoms with van der Waals surface area (Å²) in [6.45, 7) is 4.11. The monoisotopic (exact) mass is 433 g/mol. The third kappa shape index (κ3) is 3.76. The number of rotatable bonds is 4. The lowest BCUT2D eigenvalue weighted by molar-refractivity contribution is 0.0302. The molecule has 1 saturated heterocycles. The average Bonchev–Trinajstić information content (AvgIpc) is 3.46. The van der Waals surface area contributed by atoms with Crippen LogP contribution in [0, 0.1) is 12.7 Å². The van der Waals surface area contributed by atoms with Gasteiger partial charge in [0.2, 0.25) is 0 Å². The highest BCUT2D eigenvalue weighted by atomic mass is 19.1. The molecule has 1 amide bonds. The van der Waals surface area contributed by atoms with Crippen LogP contribution in [-0.4, -0.2) is 66.6 Å². The standard InChI is InChI=1S/C22H20FN7O2/c1-15-21(30(27-26-15)18-5-3-17(23)4-6-18)19-13-29(14-25-19)20-7-2-16(12-24-20)22(31)28-8-10-32-11-9-28/h2-7,12-14H,8-11H2,1H3. The van der Waals surface area contributed by atoms with Gasteiger partial charge in [-0.2, -0.15) is 0 Å². The predicted octanol–water partition coefficient (Wildman–Crippen LogP) is 2.43. The molecular weight excluding hydrogens is 413 g/mol. The van der Waals surface area contributed by atoms with E-state index in [0.717, 1.165) is 0 Å². The molecule has 10 heteroatoms. The maximum Gasteiger partial charge on any atom is 0.255 e. The van der Waals surface area contributed by atoms with Gasteiger partial charge in [0.15, 0.2) is 0 Å². The number of aryl methyl sites for hydroxylation is 1. The fourth-order valence-electron chi connectivity index (χ4n) is 3.60. The van der Waals surface area contributed by atoms with Gasteiger partial charge in [-0.1, -0.05) is 5.21 Å². The van der Waals surface area contributed by atoms with Crippen LogP contribution >= 0.6 is 0 Å². The minimum absolute atomic E-state index is 0.0523. The van der Waals surface area contributed by atoms with E-state index < -0.39 is 0 Å². The molecule has 0 bridgehead atoms. The van der Waals surface area contributed by atoms with Crippen molar-refractivity contribution in [1.29, 1.82) is 0 Å². The number of amides is 1. The summed E-state index contributed by atoms with van der Waals surface area (Å²) in [6.07, 6.45) is 5.03. The molecule has 3 aromatic heterocycles. The number of imidazole rings is 1. The fraction of sp³-hybridized carbons (Fsp3) is 0.227. The summed E-state index contributed by atoms with van der Waals surface area (Å²) in [6, 6.07) is 9.55. The molecule has 1 fully saturated rings. The molecule has 0 unspecified atom stereocenters. The molecule has 162 valence electrons. The summed E-state index contributed by atoms with van der Waals surface area (Å²) in [5.41, 5.74) is 3.26. The van der Waals surface area contributed by atoms with E-state index in [1.54, 1.807) is 50.9 Å². The van der Waals surface area contributed by atoms with Gasteiger partial charge >= 0.3 is 0 Å². The van der Waals surface area contributed by atoms with Crippen molar-refractivity contribution in [3.63, 3.8) is 0 Å². The van der Waals surface area contributed by atoms with E-state index >= 15 is 0 Å². The number of nitrogens with zero attached hydrogens (tertiary/aromatic N) is 7. The van der Waals surface area contributed by atoms with Crippen LogP contribution in [0.3, 0.4) is 0 Å². The van der Waals surface area contributed by atoms with Gasteiger partial charge in [0, 0.05) is 25.5 Å². The lowest BCUT2D eigenvalue weighted by Gasteiger charge is -2.26. The summed E-state index contributed by atoms with van der Waals surface area (Å²) < 4.78 is 22.0. The molecule has 0 saturated carbocycles. The number of benzene rings is 1. The first-order valence-electron chi connectivity index (χ1n) is 10.2. The van der Waals surface area contributed by atoms with Gasteiger partial charge in [0.05, 0.1) is 30.2 Å². The topological polar surface area (TPSA) is 91.0 Å². The minimum Gasteiger partial charge on any atom is -0.378 e. The quantitative estimate of drug-likeness (QED) is 0.491. The van der Waals surface area contributed by atoms with E-state index in [1.807, 2.05) is 13.1 Å². The van der Waals surface area contributed by atoms with Crippen molar-refractivity contribution in [3.8, 4) is 22.9 Å². The summed E-state index contributed by atoms with van der Waals surface area (Å²) in [4.78, 5) is 23.3. The molecule has 1 aliphatic rings. The number of aromatic nitrogens is 6. The van der Waals surface area contributed by atoms with E-state index in [-0.39, 0.29) is 11.7 Å². The molecule has 9 nitrogen and oxygen atoms in total. The van der Waals surface area contributed by atoms with E-state index in [0.29, 0.717) is 60.5 Å². The minimum atomic E-state index is -0.321. The Morgan fingerprint density at radius 2 is 1.84 bits per heavy atom. The number of morpholine rings is 1. The zero-order valence-electron chi connectivity index (χ0n) is 17.3. The second kappa shape index (κ2) is 8.31. The Bertz CT molecular complexity index is 1240. The first kappa shape index (κ1) is 20.0. The third-order valence-electron chi connectivity index (χ3n) is 5.29. The molecule has 5 rings (SSSR count). The predicted molar refractivity (Wildman–Crippen MR) is 113 cm³/mol. The summed E-state index contributed by atoms with van der Waals surface area (Å²) >= 11 is 0. The van der Waals surface area contributed by atoms with Crippen LogP contribution in [-0.2, 0) is 4.74 Å². The van der Waals surface area contributed by atoms with Gasteiger partial charge in [0.25, 0.3) is 5.91 Å². The average molecular weight is 433 g/mol. The van der Waals surface area contributed by atoms with Gasteiger partial charge in [-0.25, -0.2) is 19.0 Å². The van der Waals surface area contributed by atoms with Crippen LogP contribution < -0.4 is 0 Å². The first-order chi connectivity index (χ1) is 15.6. The number of carbonyl (C=O) groups excluding carboxylic acids is 1. The van der Waals surface area contributed by atoms with Crippen LogP contribution in [0.2, 0.25) is 0 Å². The molecule has 0 spiro atoms. The Balaban J connectivity index is 1.40. The molecule has 32 heavy (non-hydrogen) atoms. The Morgan fingerprint density at radius 1 is 1.06 bits per heavy atom. The van der Waals surface area contributed by atoms with E-state index in [1.165, 1.54) is 12.1 Å². The molecule has 4 aromatic rings. The highest BCUT2D eigenvalue weighted by molar-refractivity contribution is 5.94. The smallest absolute Gasteiger partial charge is 0.255 e. The van der Waals surface area contributed by atoms with Crippen molar-refractivity contribution in [3.05, 3.63) is 72.2 Å². The van der Waals surface area contributed by atoms with Crippen LogP contribution in [0.25, 0.3) is 22.9 Å². The molecule has 1 aromatic carbocycles. The number of pyridine rings is 1. The second-order valence-electron chi connectivity index (χ2n) is 7.39. The Kier molecular flexibility index (Phi) is 5.20. The van der Waals surface area contributed by atoms with Crippen molar-refractivity contribution in [2.45, 2.75) is 6.92 Å². The number of hydrogen-bond donors (Lipinski definition) is 0. The van der Waals surface area contributed by atoms with Gasteiger partial charge in [-0.05, 0) is 43.3 Å². The molecule has 4 heterocycles. The lowest BCUT2D eigenvalue weighted by atomic mass is 10.2. The van der Waals surface area contributed by atoms with Crippen molar-refractivity contribution in [2.75, 3.05) is 26.3 Å². The normalized spacial score (nSPS) is 14.0. The fourth-order valence-corrected chi connectivity index (χ4v) is 3.60. The molecule has 1 aliphatic heterocycles. The van der Waals surface area contributed by atoms with Crippen LogP contribution in [0.15, 0.2) is 55.1 Å². The first-order valence-corrected chi connectivity index (χ1v) is 10.2. The highest BCUT2D eigenvalue weighted by Gasteiger charge is 2.19. The molecule has 0 N–H and O–H groups in total. The molecule has 0 aliphatic carbocycles. The maximum absolute atomic E-state index is 13.3. The lowest BCUT2D eigenvalue weighted by Crippen LogP contribution is -2.40. The summed E-state index contributed by atoms with van der Waals surface area (Å²) in [7, 11) is 0. The second-order valence-corrected chi connectivity index (χ2v) is 7.39. The summed E-state index contributed by atoms with van der Waals surface area (Å²) in [5.74, 6) is 0.252. The zero-order valence-corrected chi connectivity index (χ0v) is 17.3. The number of hydrogen-bond acceptors (Lipinski definition) is 6. The molecular formula is C22H20FN7O2. The largest absolute Gasteiger partial charge is 0.378 e. The van der Waals surface area contributed by atoms with Crippen molar-refractivity contribution >= 4 is 5.91 Å². The van der Waals surface area contributed by atoms with Crippen LogP contribution in [0.4, 0.5) is 4.39 Å². The van der Waals surface area contributed by atoms with Gasteiger partial charge in [-0.3, -0.25) is 9.36 Å². The van der Waals surface area contributed by atoms with E-state index in [4.69, 9.17) is 4.74 Å². The summed E-state index contributed by atoms with van der Waals surface area (Å²) in [5, 5.41) is 8.33. The van der Waals surface area contributed by atoms with Gasteiger partial charge in [-0.15, -0.1) is 5.10 Å². The van der Waals surface area contributed by atoms with Crippen molar-refractivity contribution in [1.82, 2.24) is 34.4 Å². The Morgan fingerprint density at radius 3 is 2.56 bits per heavy atom. The van der Waals surface area contributed by atoms with Crippen LogP contribution in [0.5, 0.6) is 0 Å². The van der Waals surface area contributed by atoms with E-state index in [9.17, 15) is 9.18 Å². The number of halogens is 1. The number of carbonyl (C=O) groups is 1. The van der Waals surface area contributed by atoms with Crippen LogP contribution in [0.1, 0.15) is 16.1 Å². The Labute approximate surface area is 183 Å². The van der Waals surface area contributed by atoms with Crippen molar-refractivity contribution < 1.29 is 13.9 Å². The zero-order chi connectivity index (χ0) is 22.1. The maximum atomic E-state index is 13.3. The molecule has 0 atom stereocenters. The SMILES string of the molecule is Cc1nnn(-c2ccc(F)cc2)c1-c1cn(-c2ccc(C(=O)N3CCOCC3)cn2)cn1. The number of ether oxygens (including phenoxy) is 1. The third-order valence-corrected chi connectivity index (χ3v) is 5.29. The Hall–Kier alpha value is -3.92.